The smallest absolute Gasteiger partial charge is 0.224 e. The molecule has 0 spiro atoms. The zero-order chi connectivity index (χ0) is 15.8. The van der Waals surface area contributed by atoms with Gasteiger partial charge >= 0.3 is 0 Å². The topological polar surface area (TPSA) is 58.6 Å². The van der Waals surface area contributed by atoms with E-state index in [-0.39, 0.29) is 12.5 Å². The molecule has 0 fully saturated rings. The Hall–Kier alpha value is -2.33. The van der Waals surface area contributed by atoms with E-state index in [9.17, 15) is 4.79 Å². The number of benzene rings is 2. The summed E-state index contributed by atoms with van der Waals surface area (Å²) in [4.78, 5) is 11.8. The van der Waals surface area contributed by atoms with Crippen LogP contribution in [-0.2, 0) is 11.4 Å². The van der Waals surface area contributed by atoms with Crippen LogP contribution >= 0.6 is 0 Å². The highest BCUT2D eigenvalue weighted by molar-refractivity contribution is 5.90. The Balaban J connectivity index is 1.71. The van der Waals surface area contributed by atoms with Gasteiger partial charge in [-0.2, -0.15) is 0 Å². The van der Waals surface area contributed by atoms with Gasteiger partial charge in [0.15, 0.2) is 0 Å². The summed E-state index contributed by atoms with van der Waals surface area (Å²) in [6.45, 7) is 2.49. The van der Waals surface area contributed by atoms with Crippen LogP contribution in [0.1, 0.15) is 24.0 Å². The fourth-order valence-corrected chi connectivity index (χ4v) is 2.10. The minimum Gasteiger partial charge on any atom is -0.494 e. The zero-order valence-electron chi connectivity index (χ0n) is 12.7. The molecule has 0 aliphatic carbocycles. The van der Waals surface area contributed by atoms with Gasteiger partial charge in [0.2, 0.25) is 5.91 Å². The molecule has 116 valence electrons. The zero-order valence-corrected chi connectivity index (χ0v) is 12.7. The molecular formula is C18H21NO3. The number of anilines is 1. The van der Waals surface area contributed by atoms with E-state index < -0.39 is 0 Å². The molecule has 1 amide bonds. The lowest BCUT2D eigenvalue weighted by Gasteiger charge is -2.08. The second-order valence-electron chi connectivity index (χ2n) is 5.18. The van der Waals surface area contributed by atoms with Crippen molar-refractivity contribution in [1.29, 1.82) is 0 Å². The molecule has 0 aliphatic heterocycles. The summed E-state index contributed by atoms with van der Waals surface area (Å²) in [5.74, 6) is 0.777. The standard InChI is InChI=1S/C18H21NO3/c1-14-5-2-8-17(11-14)22-10-4-9-18(21)19-16-7-3-6-15(12-16)13-20/h2-3,5-8,11-12,20H,4,9-10,13H2,1H3,(H,19,21). The van der Waals surface area contributed by atoms with Crippen LogP contribution in [0.25, 0.3) is 0 Å². The third-order valence-corrected chi connectivity index (χ3v) is 3.20. The molecule has 0 unspecified atom stereocenters. The van der Waals surface area contributed by atoms with E-state index in [1.165, 1.54) is 0 Å². The number of hydrogen-bond donors (Lipinski definition) is 2. The molecule has 0 bridgehead atoms. The molecular weight excluding hydrogens is 278 g/mol. The first-order chi connectivity index (χ1) is 10.7. The molecule has 2 rings (SSSR count). The van der Waals surface area contributed by atoms with Gasteiger partial charge in [-0.1, -0.05) is 24.3 Å². The third-order valence-electron chi connectivity index (χ3n) is 3.20. The number of amides is 1. The van der Waals surface area contributed by atoms with Crippen LogP contribution in [-0.4, -0.2) is 17.6 Å². The Morgan fingerprint density at radius 3 is 2.77 bits per heavy atom. The molecule has 0 atom stereocenters. The normalized spacial score (nSPS) is 10.3. The van der Waals surface area contributed by atoms with E-state index in [1.807, 2.05) is 43.3 Å². The van der Waals surface area contributed by atoms with Crippen molar-refractivity contribution in [3.05, 3.63) is 59.7 Å². The minimum absolute atomic E-state index is 0.0337. The van der Waals surface area contributed by atoms with Gasteiger partial charge in [0.25, 0.3) is 0 Å². The predicted octanol–water partition coefficient (Wildman–Crippen LogP) is 3.29. The van der Waals surface area contributed by atoms with Crippen LogP contribution in [0.5, 0.6) is 5.75 Å². The minimum atomic E-state index is -0.0528. The van der Waals surface area contributed by atoms with Crippen molar-refractivity contribution >= 4 is 11.6 Å². The molecule has 22 heavy (non-hydrogen) atoms. The number of aliphatic hydroxyl groups is 1. The monoisotopic (exact) mass is 299 g/mol. The van der Waals surface area contributed by atoms with Crippen LogP contribution in [0.3, 0.4) is 0 Å². The van der Waals surface area contributed by atoms with Crippen LogP contribution in [0.4, 0.5) is 5.69 Å². The maximum absolute atomic E-state index is 11.8. The second kappa shape index (κ2) is 8.20. The lowest BCUT2D eigenvalue weighted by atomic mass is 10.2. The Labute approximate surface area is 130 Å². The van der Waals surface area contributed by atoms with Gasteiger partial charge in [-0.15, -0.1) is 0 Å². The van der Waals surface area contributed by atoms with Crippen LogP contribution in [0.2, 0.25) is 0 Å². The Bertz CT molecular complexity index is 625. The summed E-state index contributed by atoms with van der Waals surface area (Å²) < 4.78 is 5.61. The highest BCUT2D eigenvalue weighted by atomic mass is 16.5. The van der Waals surface area contributed by atoms with Gasteiger partial charge in [-0.3, -0.25) is 4.79 Å². The lowest BCUT2D eigenvalue weighted by Crippen LogP contribution is -2.13. The van der Waals surface area contributed by atoms with Crippen LogP contribution in [0.15, 0.2) is 48.5 Å². The third kappa shape index (κ3) is 5.22. The van der Waals surface area contributed by atoms with Crippen LogP contribution in [0, 0.1) is 6.92 Å². The van der Waals surface area contributed by atoms with Gasteiger partial charge in [0.1, 0.15) is 5.75 Å². The van der Waals surface area contributed by atoms with Crippen molar-refractivity contribution in [2.75, 3.05) is 11.9 Å². The molecule has 0 radical (unpaired) electrons. The molecule has 0 aliphatic rings. The number of aliphatic hydroxyl groups excluding tert-OH is 1. The highest BCUT2D eigenvalue weighted by Gasteiger charge is 2.03. The molecule has 2 N–H and O–H groups in total. The average molecular weight is 299 g/mol. The number of hydrogen-bond acceptors (Lipinski definition) is 3. The number of ether oxygens (including phenoxy) is 1. The Morgan fingerprint density at radius 1 is 1.18 bits per heavy atom. The van der Waals surface area contributed by atoms with E-state index in [0.29, 0.717) is 25.1 Å². The van der Waals surface area contributed by atoms with Crippen molar-refractivity contribution in [2.24, 2.45) is 0 Å². The summed E-state index contributed by atoms with van der Waals surface area (Å²) in [5, 5.41) is 11.9. The molecule has 0 aromatic heterocycles. The summed E-state index contributed by atoms with van der Waals surface area (Å²) in [5.41, 5.74) is 2.63. The molecule has 0 saturated carbocycles. The largest absolute Gasteiger partial charge is 0.494 e. The van der Waals surface area contributed by atoms with E-state index in [0.717, 1.165) is 16.9 Å². The SMILES string of the molecule is Cc1cccc(OCCCC(=O)Nc2cccc(CO)c2)c1. The Kier molecular flexibility index (Phi) is 5.98. The fourth-order valence-electron chi connectivity index (χ4n) is 2.10. The summed E-state index contributed by atoms with van der Waals surface area (Å²) in [6.07, 6.45) is 1.05. The quantitative estimate of drug-likeness (QED) is 0.771. The van der Waals surface area contributed by atoms with E-state index in [1.54, 1.807) is 12.1 Å². The first-order valence-corrected chi connectivity index (χ1v) is 7.36. The first-order valence-electron chi connectivity index (χ1n) is 7.36. The number of aryl methyl sites for hydroxylation is 1. The number of carbonyl (C=O) groups is 1. The van der Waals surface area contributed by atoms with Crippen molar-refractivity contribution < 1.29 is 14.6 Å². The molecule has 2 aromatic carbocycles. The molecule has 0 heterocycles. The van der Waals surface area contributed by atoms with Crippen molar-refractivity contribution in [3.8, 4) is 5.75 Å². The Morgan fingerprint density at radius 2 is 2.00 bits per heavy atom. The van der Waals surface area contributed by atoms with Gasteiger partial charge < -0.3 is 15.2 Å². The van der Waals surface area contributed by atoms with Crippen molar-refractivity contribution in [3.63, 3.8) is 0 Å². The molecule has 4 heteroatoms. The molecule has 4 nitrogen and oxygen atoms in total. The fraction of sp³-hybridized carbons (Fsp3) is 0.278. The first kappa shape index (κ1) is 16.0. The maximum atomic E-state index is 11.8. The van der Waals surface area contributed by atoms with Gasteiger partial charge in [0.05, 0.1) is 13.2 Å². The van der Waals surface area contributed by atoms with Crippen molar-refractivity contribution in [2.45, 2.75) is 26.4 Å². The van der Waals surface area contributed by atoms with Gasteiger partial charge in [0, 0.05) is 12.1 Å². The van der Waals surface area contributed by atoms with E-state index in [4.69, 9.17) is 9.84 Å². The van der Waals surface area contributed by atoms with Crippen molar-refractivity contribution in [1.82, 2.24) is 0 Å². The van der Waals surface area contributed by atoms with E-state index in [2.05, 4.69) is 5.32 Å². The van der Waals surface area contributed by atoms with Crippen LogP contribution < -0.4 is 10.1 Å². The molecule has 2 aromatic rings. The summed E-state index contributed by atoms with van der Waals surface area (Å²) >= 11 is 0. The predicted molar refractivity (Wildman–Crippen MR) is 86.9 cm³/mol. The number of nitrogens with one attached hydrogen (secondary N) is 1. The summed E-state index contributed by atoms with van der Waals surface area (Å²) in [6, 6.07) is 15.0. The second-order valence-corrected chi connectivity index (χ2v) is 5.18. The van der Waals surface area contributed by atoms with Gasteiger partial charge in [-0.25, -0.2) is 0 Å². The molecule has 0 saturated heterocycles. The maximum Gasteiger partial charge on any atom is 0.224 e. The number of rotatable bonds is 7. The average Bonchev–Trinajstić information content (AvgIpc) is 2.52. The summed E-state index contributed by atoms with van der Waals surface area (Å²) in [7, 11) is 0. The lowest BCUT2D eigenvalue weighted by molar-refractivity contribution is -0.116. The van der Waals surface area contributed by atoms with E-state index >= 15 is 0 Å². The van der Waals surface area contributed by atoms with Gasteiger partial charge in [-0.05, 0) is 48.7 Å². The number of carbonyl (C=O) groups excluding carboxylic acids is 1. The highest BCUT2D eigenvalue weighted by Crippen LogP contribution is 2.13.